The third kappa shape index (κ3) is 41.6. The molecule has 0 aromatic carbocycles. The Labute approximate surface area is 368 Å². The molecule has 0 rings (SSSR count). The molecule has 0 aliphatic carbocycles. The molecule has 0 aromatic heterocycles. The van der Waals surface area contributed by atoms with Crippen LogP contribution in [0.4, 0.5) is 0 Å². The van der Waals surface area contributed by atoms with E-state index < -0.39 is 11.5 Å². The Balaban J connectivity index is 4.54. The molecule has 3 N–H and O–H groups in total. The van der Waals surface area contributed by atoms with Gasteiger partial charge in [-0.05, 0) is 88.2 Å². The summed E-state index contributed by atoms with van der Waals surface area (Å²) in [5.41, 5.74) is 0. The minimum atomic E-state index is -1.74. The molecule has 0 heterocycles. The van der Waals surface area contributed by atoms with Crippen molar-refractivity contribution in [2.24, 2.45) is 9.54 Å². The Bertz CT molecular complexity index is 941. The molecule has 350 valence electrons. The lowest BCUT2D eigenvalue weighted by Crippen LogP contribution is -2.39. The van der Waals surface area contributed by atoms with E-state index in [0.717, 1.165) is 122 Å². The van der Waals surface area contributed by atoms with Crippen molar-refractivity contribution in [3.05, 3.63) is 0 Å². The zero-order chi connectivity index (χ0) is 43.4. The largest absolute Gasteiger partial charge is 0.572 e. The molecule has 1 unspecified atom stereocenters. The third-order valence-electron chi connectivity index (χ3n) is 11.3. The van der Waals surface area contributed by atoms with Gasteiger partial charge in [-0.3, -0.25) is 9.59 Å². The number of ether oxygens (including phenoxy) is 2. The Morgan fingerprint density at radius 1 is 0.576 bits per heavy atom. The van der Waals surface area contributed by atoms with Crippen molar-refractivity contribution < 1.29 is 23.6 Å². The Hall–Kier alpha value is -1.56. The lowest BCUT2D eigenvalue weighted by atomic mass is 10.0. The molecule has 0 saturated heterocycles. The van der Waals surface area contributed by atoms with Crippen molar-refractivity contribution in [1.29, 1.82) is 0 Å². The van der Waals surface area contributed by atoms with E-state index in [0.29, 0.717) is 25.4 Å². The second-order valence-electron chi connectivity index (χ2n) is 17.3. The Kier molecular flexibility index (Phi) is 43.3. The summed E-state index contributed by atoms with van der Waals surface area (Å²) in [7, 11) is 3.72. The quantitative estimate of drug-likeness (QED) is 0.0202. The first-order valence-electron chi connectivity index (χ1n) is 25.0. The van der Waals surface area contributed by atoms with Gasteiger partial charge in [-0.2, -0.15) is 0 Å². The number of hydrogen-bond donors (Lipinski definition) is 2. The predicted octanol–water partition coefficient (Wildman–Crippen LogP) is 12.1. The molecule has 0 spiro atoms. The van der Waals surface area contributed by atoms with E-state index in [1.165, 1.54) is 109 Å². The standard InChI is InChI=1S/C48H97N5O5S/c1-6-9-12-15-18-27-34-44-57-46(54)38-30-23-19-25-32-41-53(43-35-40-50-48(52(4)5)51-59(49)56)42-33-26-20-24-31-39-47(55)58-45(36-28-21-16-13-10-7-2)37-29-22-17-14-11-8-3/h45H,6-44,49H2,1-5H3,(H,50,51). The summed E-state index contributed by atoms with van der Waals surface area (Å²) in [5.74, 6) is 0.502. The number of unbranched alkanes of at least 4 members (excludes halogenated alkanes) is 24. The topological polar surface area (TPSA) is 133 Å². The molecular formula is C48H97N5O5S. The summed E-state index contributed by atoms with van der Waals surface area (Å²) >= 11 is -1.74. The molecular weight excluding hydrogens is 759 g/mol. The van der Waals surface area contributed by atoms with Crippen LogP contribution in [-0.4, -0.2) is 85.2 Å². The first kappa shape index (κ1) is 57.4. The second kappa shape index (κ2) is 44.5. The van der Waals surface area contributed by atoms with Gasteiger partial charge in [-0.1, -0.05) is 162 Å². The van der Waals surface area contributed by atoms with Gasteiger partial charge in [0.05, 0.1) is 6.61 Å². The highest BCUT2D eigenvalue weighted by molar-refractivity contribution is 7.88. The van der Waals surface area contributed by atoms with Crippen LogP contribution in [-0.2, 0) is 30.6 Å². The summed E-state index contributed by atoms with van der Waals surface area (Å²) in [4.78, 5) is 29.4. The van der Waals surface area contributed by atoms with E-state index in [9.17, 15) is 14.1 Å². The molecule has 1 atom stereocenters. The number of hydrogen-bond acceptors (Lipinski definition) is 8. The highest BCUT2D eigenvalue weighted by Crippen LogP contribution is 2.19. The normalized spacial score (nSPS) is 12.4. The van der Waals surface area contributed by atoms with Crippen molar-refractivity contribution in [3.63, 3.8) is 0 Å². The maximum absolute atomic E-state index is 12.9. The van der Waals surface area contributed by atoms with E-state index in [1.807, 2.05) is 14.1 Å². The van der Waals surface area contributed by atoms with Crippen LogP contribution in [0.3, 0.4) is 0 Å². The van der Waals surface area contributed by atoms with E-state index in [2.05, 4.69) is 35.4 Å². The molecule has 0 saturated carbocycles. The van der Waals surface area contributed by atoms with Crippen molar-refractivity contribution in [2.45, 2.75) is 245 Å². The third-order valence-corrected chi connectivity index (χ3v) is 11.7. The van der Waals surface area contributed by atoms with E-state index in [-0.39, 0.29) is 18.0 Å². The van der Waals surface area contributed by atoms with Crippen LogP contribution in [0, 0.1) is 0 Å². The fourth-order valence-electron chi connectivity index (χ4n) is 7.59. The number of nitrogens with zero attached hydrogens (tertiary/aromatic N) is 3. The monoisotopic (exact) mass is 856 g/mol. The highest BCUT2D eigenvalue weighted by atomic mass is 32.2. The molecule has 59 heavy (non-hydrogen) atoms. The summed E-state index contributed by atoms with van der Waals surface area (Å²) in [6, 6.07) is 0. The van der Waals surface area contributed by atoms with Crippen molar-refractivity contribution in [3.8, 4) is 0 Å². The molecule has 0 aliphatic rings. The van der Waals surface area contributed by atoms with Crippen molar-refractivity contribution in [1.82, 2.24) is 15.1 Å². The summed E-state index contributed by atoms with van der Waals surface area (Å²) < 4.78 is 27.0. The zero-order valence-corrected chi connectivity index (χ0v) is 40.3. The lowest BCUT2D eigenvalue weighted by molar-refractivity contribution is -0.150. The first-order chi connectivity index (χ1) is 28.7. The van der Waals surface area contributed by atoms with Gasteiger partial charge in [0.25, 0.3) is 0 Å². The SMILES string of the molecule is CCCCCCCCCOC(=O)CCCCCCCN(CCCCCCCC(=O)OC(CCCCCCCC)CCCCCCCC)CCCN/C(=N/[S+](N)[O-])N(C)C. The molecule has 10 nitrogen and oxygen atoms in total. The number of carbonyl (C=O) groups is 2. The maximum atomic E-state index is 12.9. The van der Waals surface area contributed by atoms with Crippen LogP contribution in [0.5, 0.6) is 0 Å². The van der Waals surface area contributed by atoms with Gasteiger partial charge in [0.15, 0.2) is 11.5 Å². The number of carbonyl (C=O) groups excluding carboxylic acids is 2. The van der Waals surface area contributed by atoms with Crippen molar-refractivity contribution in [2.75, 3.05) is 46.9 Å². The smallest absolute Gasteiger partial charge is 0.306 e. The van der Waals surface area contributed by atoms with Gasteiger partial charge in [-0.15, -0.1) is 5.14 Å². The zero-order valence-electron chi connectivity index (χ0n) is 39.5. The summed E-state index contributed by atoms with van der Waals surface area (Å²) in [5, 5.41) is 8.68. The van der Waals surface area contributed by atoms with Crippen LogP contribution in [0.15, 0.2) is 4.40 Å². The maximum Gasteiger partial charge on any atom is 0.306 e. The number of guanidine groups is 1. The fourth-order valence-corrected chi connectivity index (χ4v) is 7.99. The van der Waals surface area contributed by atoms with Gasteiger partial charge in [-0.25, -0.2) is 0 Å². The van der Waals surface area contributed by atoms with Crippen LogP contribution in [0.1, 0.15) is 239 Å². The fraction of sp³-hybridized carbons (Fsp3) is 0.938. The lowest BCUT2D eigenvalue weighted by Gasteiger charge is -2.23. The Morgan fingerprint density at radius 2 is 0.983 bits per heavy atom. The molecule has 0 amide bonds. The van der Waals surface area contributed by atoms with Crippen LogP contribution < -0.4 is 10.5 Å². The van der Waals surface area contributed by atoms with Gasteiger partial charge in [0.2, 0.25) is 5.96 Å². The van der Waals surface area contributed by atoms with Gasteiger partial charge in [0, 0.05) is 33.5 Å². The van der Waals surface area contributed by atoms with Gasteiger partial charge < -0.3 is 29.1 Å². The highest BCUT2D eigenvalue weighted by Gasteiger charge is 2.15. The first-order valence-corrected chi connectivity index (χ1v) is 26.1. The van der Waals surface area contributed by atoms with E-state index in [1.54, 1.807) is 4.90 Å². The summed E-state index contributed by atoms with van der Waals surface area (Å²) in [6.07, 6.45) is 38.9. The predicted molar refractivity (Wildman–Crippen MR) is 253 cm³/mol. The summed E-state index contributed by atoms with van der Waals surface area (Å²) in [6.45, 7) is 11.2. The Morgan fingerprint density at radius 3 is 1.46 bits per heavy atom. The van der Waals surface area contributed by atoms with Crippen LogP contribution >= 0.6 is 0 Å². The van der Waals surface area contributed by atoms with Gasteiger partial charge >= 0.3 is 11.9 Å². The minimum absolute atomic E-state index is 0.00524. The van der Waals surface area contributed by atoms with E-state index >= 15 is 0 Å². The van der Waals surface area contributed by atoms with Crippen molar-refractivity contribution >= 4 is 29.4 Å². The van der Waals surface area contributed by atoms with Crippen LogP contribution in [0.2, 0.25) is 0 Å². The average Bonchev–Trinajstić information content (AvgIpc) is 3.21. The molecule has 0 aromatic rings. The average molecular weight is 856 g/mol. The van der Waals surface area contributed by atoms with E-state index in [4.69, 9.17) is 14.6 Å². The number of rotatable bonds is 44. The molecule has 11 heteroatoms. The second-order valence-corrected chi connectivity index (χ2v) is 18.0. The molecule has 0 radical (unpaired) electrons. The molecule has 0 fully saturated rings. The molecule has 0 bridgehead atoms. The minimum Gasteiger partial charge on any atom is -0.572 e. The number of nitrogens with one attached hydrogen (secondary N) is 1. The number of nitrogens with two attached hydrogens (primary N) is 1. The van der Waals surface area contributed by atoms with Crippen LogP contribution in [0.25, 0.3) is 0 Å². The van der Waals surface area contributed by atoms with Gasteiger partial charge in [0.1, 0.15) is 6.10 Å². The molecule has 0 aliphatic heterocycles. The number of esters is 2.